The Hall–Kier alpha value is -0.810. The standard InChI is InChI=1S/C10H19N3O2.ClH/c1-6(12-7(2)14)10(15)13-9(5-11)8-3-4-8;/h6,8-9H,3-5,11H2,1-2H3,(H,12,14)(H,13,15);1H. The highest BCUT2D eigenvalue weighted by Crippen LogP contribution is 2.32. The predicted octanol–water partition coefficient (Wildman–Crippen LogP) is -0.214. The second-order valence-corrected chi connectivity index (χ2v) is 4.11. The van der Waals surface area contributed by atoms with Gasteiger partial charge in [-0.15, -0.1) is 12.4 Å². The van der Waals surface area contributed by atoms with E-state index in [0.29, 0.717) is 12.5 Å². The largest absolute Gasteiger partial charge is 0.350 e. The zero-order valence-electron chi connectivity index (χ0n) is 9.66. The first kappa shape index (κ1) is 15.2. The number of rotatable bonds is 5. The molecule has 1 saturated carbocycles. The van der Waals surface area contributed by atoms with Gasteiger partial charge in [0, 0.05) is 19.5 Å². The van der Waals surface area contributed by atoms with Crippen LogP contribution >= 0.6 is 12.4 Å². The number of nitrogens with one attached hydrogen (secondary N) is 2. The minimum absolute atomic E-state index is 0. The molecule has 1 fully saturated rings. The average Bonchev–Trinajstić information content (AvgIpc) is 2.95. The Balaban J connectivity index is 0.00000225. The molecule has 1 aliphatic carbocycles. The van der Waals surface area contributed by atoms with Crippen LogP contribution in [0.5, 0.6) is 0 Å². The Kier molecular flexibility index (Phi) is 6.36. The molecule has 0 aromatic rings. The zero-order valence-corrected chi connectivity index (χ0v) is 10.5. The van der Waals surface area contributed by atoms with Crippen LogP contribution in [-0.4, -0.2) is 30.4 Å². The second-order valence-electron chi connectivity index (χ2n) is 4.11. The molecule has 2 amide bonds. The van der Waals surface area contributed by atoms with Crippen molar-refractivity contribution in [3.8, 4) is 0 Å². The van der Waals surface area contributed by atoms with Gasteiger partial charge in [-0.3, -0.25) is 9.59 Å². The fourth-order valence-electron chi connectivity index (χ4n) is 1.55. The third-order valence-electron chi connectivity index (χ3n) is 2.59. The first-order chi connectivity index (χ1) is 7.04. The lowest BCUT2D eigenvalue weighted by Crippen LogP contribution is -2.50. The van der Waals surface area contributed by atoms with E-state index < -0.39 is 6.04 Å². The molecule has 0 spiro atoms. The molecule has 2 atom stereocenters. The lowest BCUT2D eigenvalue weighted by atomic mass is 10.1. The molecular formula is C10H20ClN3O2. The lowest BCUT2D eigenvalue weighted by molar-refractivity contribution is -0.128. The predicted molar refractivity (Wildman–Crippen MR) is 64.2 cm³/mol. The van der Waals surface area contributed by atoms with Gasteiger partial charge in [-0.25, -0.2) is 0 Å². The maximum atomic E-state index is 11.6. The molecule has 0 bridgehead atoms. The first-order valence-corrected chi connectivity index (χ1v) is 5.32. The molecule has 0 saturated heterocycles. The summed E-state index contributed by atoms with van der Waals surface area (Å²) < 4.78 is 0. The third kappa shape index (κ3) is 4.81. The lowest BCUT2D eigenvalue weighted by Gasteiger charge is -2.19. The molecule has 4 N–H and O–H groups in total. The number of nitrogens with two attached hydrogens (primary N) is 1. The highest BCUT2D eigenvalue weighted by atomic mass is 35.5. The fraction of sp³-hybridized carbons (Fsp3) is 0.800. The highest BCUT2D eigenvalue weighted by Gasteiger charge is 2.32. The van der Waals surface area contributed by atoms with Crippen LogP contribution in [0.25, 0.3) is 0 Å². The van der Waals surface area contributed by atoms with E-state index in [0.717, 1.165) is 12.8 Å². The molecule has 16 heavy (non-hydrogen) atoms. The Morgan fingerprint density at radius 2 is 1.94 bits per heavy atom. The first-order valence-electron chi connectivity index (χ1n) is 5.32. The van der Waals surface area contributed by atoms with Crippen LogP contribution < -0.4 is 16.4 Å². The SMILES string of the molecule is CC(=O)NC(C)C(=O)NC(CN)C1CC1.Cl. The summed E-state index contributed by atoms with van der Waals surface area (Å²) in [5.41, 5.74) is 5.56. The van der Waals surface area contributed by atoms with Crippen molar-refractivity contribution in [2.75, 3.05) is 6.54 Å². The van der Waals surface area contributed by atoms with Gasteiger partial charge in [0.05, 0.1) is 0 Å². The molecule has 5 nitrogen and oxygen atoms in total. The summed E-state index contributed by atoms with van der Waals surface area (Å²) in [5.74, 6) is 0.171. The summed E-state index contributed by atoms with van der Waals surface area (Å²) in [7, 11) is 0. The molecule has 2 unspecified atom stereocenters. The van der Waals surface area contributed by atoms with Crippen LogP contribution in [0.3, 0.4) is 0 Å². The summed E-state index contributed by atoms with van der Waals surface area (Å²) in [4.78, 5) is 22.3. The molecule has 0 aromatic heterocycles. The number of hydrogen-bond donors (Lipinski definition) is 3. The quantitative estimate of drug-likeness (QED) is 0.630. The van der Waals surface area contributed by atoms with E-state index in [9.17, 15) is 9.59 Å². The van der Waals surface area contributed by atoms with Crippen molar-refractivity contribution in [2.45, 2.75) is 38.8 Å². The zero-order chi connectivity index (χ0) is 11.4. The Morgan fingerprint density at radius 1 is 1.38 bits per heavy atom. The normalized spacial score (nSPS) is 17.9. The molecule has 0 aromatic carbocycles. The summed E-state index contributed by atoms with van der Waals surface area (Å²) >= 11 is 0. The van der Waals surface area contributed by atoms with Gasteiger partial charge in [-0.1, -0.05) is 0 Å². The minimum Gasteiger partial charge on any atom is -0.350 e. The monoisotopic (exact) mass is 249 g/mol. The van der Waals surface area contributed by atoms with E-state index >= 15 is 0 Å². The molecule has 1 rings (SSSR count). The minimum atomic E-state index is -0.490. The summed E-state index contributed by atoms with van der Waals surface area (Å²) in [5, 5.41) is 5.39. The summed E-state index contributed by atoms with van der Waals surface area (Å²) in [6.07, 6.45) is 2.27. The second kappa shape index (κ2) is 6.70. The van der Waals surface area contributed by atoms with Crippen molar-refractivity contribution >= 4 is 24.2 Å². The molecule has 1 aliphatic rings. The van der Waals surface area contributed by atoms with Gasteiger partial charge in [0.2, 0.25) is 11.8 Å². The summed E-state index contributed by atoms with van der Waals surface area (Å²) in [6.45, 7) is 3.52. The Morgan fingerprint density at radius 3 is 2.31 bits per heavy atom. The maximum Gasteiger partial charge on any atom is 0.242 e. The van der Waals surface area contributed by atoms with Gasteiger partial charge in [0.25, 0.3) is 0 Å². The van der Waals surface area contributed by atoms with E-state index in [-0.39, 0.29) is 30.3 Å². The number of carbonyl (C=O) groups excluding carboxylic acids is 2. The van der Waals surface area contributed by atoms with Crippen LogP contribution in [0.4, 0.5) is 0 Å². The van der Waals surface area contributed by atoms with Crippen molar-refractivity contribution in [3.63, 3.8) is 0 Å². The van der Waals surface area contributed by atoms with E-state index in [2.05, 4.69) is 10.6 Å². The summed E-state index contributed by atoms with van der Waals surface area (Å²) in [6, 6.07) is -0.427. The van der Waals surface area contributed by atoms with Crippen LogP contribution in [0.1, 0.15) is 26.7 Å². The van der Waals surface area contributed by atoms with Crippen molar-refractivity contribution in [2.24, 2.45) is 11.7 Å². The number of hydrogen-bond acceptors (Lipinski definition) is 3. The van der Waals surface area contributed by atoms with Crippen LogP contribution in [0, 0.1) is 5.92 Å². The number of amides is 2. The van der Waals surface area contributed by atoms with Crippen molar-refractivity contribution in [1.82, 2.24) is 10.6 Å². The van der Waals surface area contributed by atoms with Crippen LogP contribution in [-0.2, 0) is 9.59 Å². The molecule has 0 heterocycles. The van der Waals surface area contributed by atoms with E-state index in [1.165, 1.54) is 6.92 Å². The third-order valence-corrected chi connectivity index (χ3v) is 2.59. The Labute approximate surface area is 102 Å². The van der Waals surface area contributed by atoms with E-state index in [1.807, 2.05) is 0 Å². The molecule has 0 radical (unpaired) electrons. The van der Waals surface area contributed by atoms with Gasteiger partial charge in [0.1, 0.15) is 6.04 Å². The molecule has 6 heteroatoms. The topological polar surface area (TPSA) is 84.2 Å². The van der Waals surface area contributed by atoms with Gasteiger partial charge in [0.15, 0.2) is 0 Å². The number of carbonyl (C=O) groups is 2. The smallest absolute Gasteiger partial charge is 0.242 e. The van der Waals surface area contributed by atoms with Gasteiger partial charge in [-0.2, -0.15) is 0 Å². The van der Waals surface area contributed by atoms with E-state index in [4.69, 9.17) is 5.73 Å². The Bertz CT molecular complexity index is 256. The van der Waals surface area contributed by atoms with Crippen molar-refractivity contribution < 1.29 is 9.59 Å². The fourth-order valence-corrected chi connectivity index (χ4v) is 1.55. The number of halogens is 1. The van der Waals surface area contributed by atoms with Gasteiger partial charge >= 0.3 is 0 Å². The van der Waals surface area contributed by atoms with Crippen molar-refractivity contribution in [1.29, 1.82) is 0 Å². The molecular weight excluding hydrogens is 230 g/mol. The van der Waals surface area contributed by atoms with Gasteiger partial charge in [-0.05, 0) is 25.7 Å². The average molecular weight is 250 g/mol. The molecule has 94 valence electrons. The van der Waals surface area contributed by atoms with Crippen molar-refractivity contribution in [3.05, 3.63) is 0 Å². The van der Waals surface area contributed by atoms with E-state index in [1.54, 1.807) is 6.92 Å². The molecule has 0 aliphatic heterocycles. The van der Waals surface area contributed by atoms with Crippen LogP contribution in [0.15, 0.2) is 0 Å². The maximum absolute atomic E-state index is 11.6. The van der Waals surface area contributed by atoms with Crippen LogP contribution in [0.2, 0.25) is 0 Å². The highest BCUT2D eigenvalue weighted by molar-refractivity contribution is 5.86. The van der Waals surface area contributed by atoms with Gasteiger partial charge < -0.3 is 16.4 Å².